The first kappa shape index (κ1) is 13.0. The smallest absolute Gasteiger partial charge is 0.165 e. The SMILES string of the molecule is OC1CCN(Cc2nnnn2C2CCCCC2)CC1. The van der Waals surface area contributed by atoms with Crippen LogP contribution in [0.1, 0.15) is 56.8 Å². The zero-order valence-electron chi connectivity index (χ0n) is 11.4. The van der Waals surface area contributed by atoms with Crippen LogP contribution in [0.5, 0.6) is 0 Å². The van der Waals surface area contributed by atoms with Gasteiger partial charge in [-0.15, -0.1) is 5.10 Å². The van der Waals surface area contributed by atoms with Crippen molar-refractivity contribution in [3.8, 4) is 0 Å². The molecule has 0 atom stereocenters. The zero-order valence-corrected chi connectivity index (χ0v) is 11.4. The third kappa shape index (κ3) is 3.12. The fourth-order valence-corrected chi connectivity index (χ4v) is 3.20. The summed E-state index contributed by atoms with van der Waals surface area (Å²) in [5, 5.41) is 21.8. The first-order valence-corrected chi connectivity index (χ1v) is 7.50. The van der Waals surface area contributed by atoms with Gasteiger partial charge in [0.2, 0.25) is 0 Å². The Bertz CT molecular complexity index is 393. The van der Waals surface area contributed by atoms with Crippen LogP contribution >= 0.6 is 0 Å². The Kier molecular flexibility index (Phi) is 4.08. The van der Waals surface area contributed by atoms with Gasteiger partial charge >= 0.3 is 0 Å². The molecule has 0 amide bonds. The van der Waals surface area contributed by atoms with Crippen molar-refractivity contribution < 1.29 is 5.11 Å². The number of aliphatic hydroxyl groups excluding tert-OH is 1. The molecule has 1 aliphatic carbocycles. The summed E-state index contributed by atoms with van der Waals surface area (Å²) in [6.07, 6.45) is 7.95. The highest BCUT2D eigenvalue weighted by Crippen LogP contribution is 2.28. The molecule has 1 saturated carbocycles. The lowest BCUT2D eigenvalue weighted by molar-refractivity contribution is 0.0767. The van der Waals surface area contributed by atoms with Crippen molar-refractivity contribution in [2.24, 2.45) is 0 Å². The van der Waals surface area contributed by atoms with Gasteiger partial charge in [-0.2, -0.15) is 0 Å². The highest BCUT2D eigenvalue weighted by atomic mass is 16.3. The first-order valence-electron chi connectivity index (χ1n) is 7.50. The average Bonchev–Trinajstić information content (AvgIpc) is 2.90. The van der Waals surface area contributed by atoms with Crippen LogP contribution in [0.2, 0.25) is 0 Å². The van der Waals surface area contributed by atoms with E-state index in [0.29, 0.717) is 6.04 Å². The standard InChI is InChI=1S/C13H23N5O/c19-12-6-8-17(9-7-12)10-13-14-15-16-18(13)11-4-2-1-3-5-11/h11-12,19H,1-10H2. The molecule has 2 fully saturated rings. The molecule has 0 aromatic carbocycles. The zero-order chi connectivity index (χ0) is 13.1. The van der Waals surface area contributed by atoms with Crippen molar-refractivity contribution >= 4 is 0 Å². The normalized spacial score (nSPS) is 23.8. The van der Waals surface area contributed by atoms with Crippen molar-refractivity contribution in [3.63, 3.8) is 0 Å². The summed E-state index contributed by atoms with van der Waals surface area (Å²) in [7, 11) is 0. The topological polar surface area (TPSA) is 67.1 Å². The largest absolute Gasteiger partial charge is 0.393 e. The number of piperidine rings is 1. The second-order valence-electron chi connectivity index (χ2n) is 5.84. The molecule has 1 N–H and O–H groups in total. The highest BCUT2D eigenvalue weighted by Gasteiger charge is 2.23. The maximum absolute atomic E-state index is 9.54. The maximum atomic E-state index is 9.54. The van der Waals surface area contributed by atoms with E-state index in [4.69, 9.17) is 0 Å². The van der Waals surface area contributed by atoms with E-state index in [9.17, 15) is 5.11 Å². The molecular formula is C13H23N5O. The fourth-order valence-electron chi connectivity index (χ4n) is 3.20. The predicted octanol–water partition coefficient (Wildman–Crippen LogP) is 1.13. The molecule has 6 heteroatoms. The predicted molar refractivity (Wildman–Crippen MR) is 70.5 cm³/mol. The summed E-state index contributed by atoms with van der Waals surface area (Å²) >= 11 is 0. The van der Waals surface area contributed by atoms with E-state index in [1.54, 1.807) is 0 Å². The Morgan fingerprint density at radius 2 is 1.79 bits per heavy atom. The lowest BCUT2D eigenvalue weighted by Crippen LogP contribution is -2.36. The Balaban J connectivity index is 1.63. The number of likely N-dealkylation sites (tertiary alicyclic amines) is 1. The fraction of sp³-hybridized carbons (Fsp3) is 0.923. The third-order valence-electron chi connectivity index (χ3n) is 4.40. The minimum Gasteiger partial charge on any atom is -0.393 e. The van der Waals surface area contributed by atoms with Gasteiger partial charge in [-0.3, -0.25) is 4.90 Å². The van der Waals surface area contributed by atoms with Crippen LogP contribution in [-0.4, -0.2) is 49.4 Å². The van der Waals surface area contributed by atoms with Gasteiger partial charge in [0.15, 0.2) is 5.82 Å². The second kappa shape index (κ2) is 5.96. The Morgan fingerprint density at radius 1 is 1.05 bits per heavy atom. The number of hydrogen-bond acceptors (Lipinski definition) is 5. The van der Waals surface area contributed by atoms with E-state index in [1.165, 1.54) is 32.1 Å². The lowest BCUT2D eigenvalue weighted by Gasteiger charge is -2.29. The van der Waals surface area contributed by atoms with Crippen LogP contribution in [0.4, 0.5) is 0 Å². The molecule has 106 valence electrons. The minimum atomic E-state index is -0.120. The van der Waals surface area contributed by atoms with Gasteiger partial charge in [0.05, 0.1) is 18.7 Å². The lowest BCUT2D eigenvalue weighted by atomic mass is 9.95. The molecule has 19 heavy (non-hydrogen) atoms. The Labute approximate surface area is 113 Å². The van der Waals surface area contributed by atoms with Crippen LogP contribution in [0.25, 0.3) is 0 Å². The summed E-state index contributed by atoms with van der Waals surface area (Å²) in [4.78, 5) is 2.34. The van der Waals surface area contributed by atoms with Crippen LogP contribution in [0.3, 0.4) is 0 Å². The van der Waals surface area contributed by atoms with Crippen molar-refractivity contribution in [3.05, 3.63) is 5.82 Å². The second-order valence-corrected chi connectivity index (χ2v) is 5.84. The van der Waals surface area contributed by atoms with Crippen LogP contribution < -0.4 is 0 Å². The molecule has 1 saturated heterocycles. The number of aromatic nitrogens is 4. The molecule has 0 bridgehead atoms. The molecule has 2 aliphatic rings. The molecule has 0 spiro atoms. The molecule has 6 nitrogen and oxygen atoms in total. The van der Waals surface area contributed by atoms with Crippen molar-refractivity contribution in [2.75, 3.05) is 13.1 Å². The Hall–Kier alpha value is -1.01. The van der Waals surface area contributed by atoms with Gasteiger partial charge in [-0.25, -0.2) is 4.68 Å². The first-order chi connectivity index (χ1) is 9.33. The van der Waals surface area contributed by atoms with E-state index in [2.05, 4.69) is 20.4 Å². The average molecular weight is 265 g/mol. The molecular weight excluding hydrogens is 242 g/mol. The van der Waals surface area contributed by atoms with Crippen molar-refractivity contribution in [1.29, 1.82) is 0 Å². The van der Waals surface area contributed by atoms with Gasteiger partial charge in [-0.1, -0.05) is 19.3 Å². The molecule has 1 aromatic heterocycles. The molecule has 3 rings (SSSR count). The molecule has 0 unspecified atom stereocenters. The minimum absolute atomic E-state index is 0.120. The van der Waals surface area contributed by atoms with Gasteiger partial charge in [-0.05, 0) is 36.1 Å². The van der Waals surface area contributed by atoms with E-state index in [1.807, 2.05) is 4.68 Å². The van der Waals surface area contributed by atoms with Gasteiger partial charge < -0.3 is 5.11 Å². The molecule has 1 aliphatic heterocycles. The van der Waals surface area contributed by atoms with Gasteiger partial charge in [0, 0.05) is 13.1 Å². The van der Waals surface area contributed by atoms with Crippen LogP contribution in [0.15, 0.2) is 0 Å². The summed E-state index contributed by atoms with van der Waals surface area (Å²) in [6, 6.07) is 0.495. The molecule has 0 radical (unpaired) electrons. The number of tetrazole rings is 1. The van der Waals surface area contributed by atoms with Crippen molar-refractivity contribution in [1.82, 2.24) is 25.1 Å². The van der Waals surface area contributed by atoms with Gasteiger partial charge in [0.25, 0.3) is 0 Å². The van der Waals surface area contributed by atoms with E-state index in [0.717, 1.165) is 38.3 Å². The number of rotatable bonds is 3. The monoisotopic (exact) mass is 265 g/mol. The van der Waals surface area contributed by atoms with E-state index < -0.39 is 0 Å². The summed E-state index contributed by atoms with van der Waals surface area (Å²) < 4.78 is 2.05. The number of hydrogen-bond donors (Lipinski definition) is 1. The highest BCUT2D eigenvalue weighted by molar-refractivity contribution is 4.87. The quantitative estimate of drug-likeness (QED) is 0.887. The van der Waals surface area contributed by atoms with Crippen LogP contribution in [0, 0.1) is 0 Å². The summed E-state index contributed by atoms with van der Waals surface area (Å²) in [5.41, 5.74) is 0. The van der Waals surface area contributed by atoms with Gasteiger partial charge in [0.1, 0.15) is 0 Å². The van der Waals surface area contributed by atoms with E-state index in [-0.39, 0.29) is 6.10 Å². The molecule has 1 aromatic rings. The van der Waals surface area contributed by atoms with E-state index >= 15 is 0 Å². The summed E-state index contributed by atoms with van der Waals surface area (Å²) in [5.74, 6) is 0.989. The third-order valence-corrected chi connectivity index (χ3v) is 4.40. The van der Waals surface area contributed by atoms with Crippen molar-refractivity contribution in [2.45, 2.75) is 63.6 Å². The number of aliphatic hydroxyl groups is 1. The Morgan fingerprint density at radius 3 is 2.53 bits per heavy atom. The van der Waals surface area contributed by atoms with Crippen LogP contribution in [-0.2, 0) is 6.54 Å². The maximum Gasteiger partial charge on any atom is 0.165 e. The summed E-state index contributed by atoms with van der Waals surface area (Å²) in [6.45, 7) is 2.70. The molecule has 2 heterocycles. The number of nitrogens with zero attached hydrogens (tertiary/aromatic N) is 5.